The van der Waals surface area contributed by atoms with Crippen LogP contribution >= 0.6 is 0 Å². The number of aldehydes is 1. The standard InChI is InChI=1S/C19H17NO4/c1-23-18-12-15(9-10-17(18)13-21)8-5-11-20-19(22)24-14-16-6-3-2-4-7-16/h2-4,6-7,9-10,12-13H,11,14H2,1H3,(H,20,22). The van der Waals surface area contributed by atoms with Crippen molar-refractivity contribution in [3.8, 4) is 17.6 Å². The van der Waals surface area contributed by atoms with E-state index in [1.807, 2.05) is 30.3 Å². The van der Waals surface area contributed by atoms with Gasteiger partial charge < -0.3 is 14.8 Å². The summed E-state index contributed by atoms with van der Waals surface area (Å²) in [5.41, 5.74) is 2.07. The van der Waals surface area contributed by atoms with Gasteiger partial charge in [0.05, 0.1) is 19.2 Å². The molecule has 0 aliphatic carbocycles. The van der Waals surface area contributed by atoms with Crippen molar-refractivity contribution in [1.82, 2.24) is 5.32 Å². The zero-order chi connectivity index (χ0) is 17.2. The molecule has 5 heteroatoms. The molecule has 0 saturated heterocycles. The number of ether oxygens (including phenoxy) is 2. The van der Waals surface area contributed by atoms with E-state index < -0.39 is 6.09 Å². The van der Waals surface area contributed by atoms with Crippen LogP contribution in [-0.2, 0) is 11.3 Å². The molecule has 1 amide bonds. The number of hydrogen-bond donors (Lipinski definition) is 1. The Balaban J connectivity index is 1.81. The minimum atomic E-state index is -0.526. The molecule has 2 aromatic rings. The minimum absolute atomic E-state index is 0.158. The van der Waals surface area contributed by atoms with Crippen molar-refractivity contribution in [1.29, 1.82) is 0 Å². The Bertz CT molecular complexity index is 760. The molecule has 2 rings (SSSR count). The van der Waals surface area contributed by atoms with Crippen LogP contribution in [0.25, 0.3) is 0 Å². The number of rotatable bonds is 5. The fourth-order valence-corrected chi connectivity index (χ4v) is 1.92. The first-order chi connectivity index (χ1) is 11.7. The Morgan fingerprint density at radius 2 is 2.00 bits per heavy atom. The molecule has 0 aromatic heterocycles. The average molecular weight is 323 g/mol. The Kier molecular flexibility index (Phi) is 6.42. The molecule has 0 bridgehead atoms. The molecule has 24 heavy (non-hydrogen) atoms. The molecule has 0 fully saturated rings. The highest BCUT2D eigenvalue weighted by molar-refractivity contribution is 5.79. The number of benzene rings is 2. The second-order valence-electron chi connectivity index (χ2n) is 4.79. The maximum absolute atomic E-state index is 11.6. The number of methoxy groups -OCH3 is 1. The van der Waals surface area contributed by atoms with Gasteiger partial charge in [0.25, 0.3) is 0 Å². The highest BCUT2D eigenvalue weighted by atomic mass is 16.5. The van der Waals surface area contributed by atoms with Gasteiger partial charge in [-0.3, -0.25) is 4.79 Å². The van der Waals surface area contributed by atoms with E-state index in [2.05, 4.69) is 17.2 Å². The third kappa shape index (κ3) is 5.18. The maximum atomic E-state index is 11.6. The van der Waals surface area contributed by atoms with Gasteiger partial charge in [-0.05, 0) is 23.8 Å². The maximum Gasteiger partial charge on any atom is 0.408 e. The molecule has 1 N–H and O–H groups in total. The van der Waals surface area contributed by atoms with Crippen molar-refractivity contribution in [2.24, 2.45) is 0 Å². The van der Waals surface area contributed by atoms with Crippen LogP contribution < -0.4 is 10.1 Å². The Hall–Kier alpha value is -3.26. The normalized spacial score (nSPS) is 9.38. The molecule has 0 aliphatic rings. The molecule has 122 valence electrons. The predicted molar refractivity (Wildman–Crippen MR) is 89.9 cm³/mol. The lowest BCUT2D eigenvalue weighted by atomic mass is 10.1. The van der Waals surface area contributed by atoms with Crippen molar-refractivity contribution in [3.63, 3.8) is 0 Å². The van der Waals surface area contributed by atoms with E-state index in [4.69, 9.17) is 9.47 Å². The summed E-state index contributed by atoms with van der Waals surface area (Å²) < 4.78 is 10.2. The van der Waals surface area contributed by atoms with E-state index in [1.54, 1.807) is 18.2 Å². The lowest BCUT2D eigenvalue weighted by Crippen LogP contribution is -2.24. The van der Waals surface area contributed by atoms with E-state index in [0.717, 1.165) is 11.8 Å². The van der Waals surface area contributed by atoms with E-state index in [1.165, 1.54) is 7.11 Å². The Labute approximate surface area is 140 Å². The summed E-state index contributed by atoms with van der Waals surface area (Å²) in [4.78, 5) is 22.4. The predicted octanol–water partition coefficient (Wildman–Crippen LogP) is 2.79. The van der Waals surface area contributed by atoms with Gasteiger partial charge in [-0.15, -0.1) is 0 Å². The number of carbonyl (C=O) groups excluding carboxylic acids is 2. The number of hydrogen-bond acceptors (Lipinski definition) is 4. The number of carbonyl (C=O) groups is 2. The summed E-state index contributed by atoms with van der Waals surface area (Å²) in [5.74, 6) is 6.16. The van der Waals surface area contributed by atoms with Gasteiger partial charge >= 0.3 is 6.09 Å². The summed E-state index contributed by atoms with van der Waals surface area (Å²) in [6.07, 6.45) is 0.197. The Morgan fingerprint density at radius 1 is 1.21 bits per heavy atom. The molecule has 0 radical (unpaired) electrons. The van der Waals surface area contributed by atoms with E-state index in [-0.39, 0.29) is 13.2 Å². The molecule has 0 spiro atoms. The Morgan fingerprint density at radius 3 is 2.71 bits per heavy atom. The van der Waals surface area contributed by atoms with Gasteiger partial charge in [-0.25, -0.2) is 4.79 Å². The van der Waals surface area contributed by atoms with E-state index in [0.29, 0.717) is 16.9 Å². The summed E-state index contributed by atoms with van der Waals surface area (Å²) in [6.45, 7) is 0.371. The second kappa shape index (κ2) is 9.01. The van der Waals surface area contributed by atoms with E-state index >= 15 is 0 Å². The summed E-state index contributed by atoms with van der Waals surface area (Å²) >= 11 is 0. The van der Waals surface area contributed by atoms with Gasteiger partial charge in [-0.2, -0.15) is 0 Å². The van der Waals surface area contributed by atoms with Crippen LogP contribution in [-0.4, -0.2) is 26.0 Å². The summed E-state index contributed by atoms with van der Waals surface area (Å²) in [6, 6.07) is 14.4. The molecule has 5 nitrogen and oxygen atoms in total. The third-order valence-electron chi connectivity index (χ3n) is 3.13. The van der Waals surface area contributed by atoms with Crippen molar-refractivity contribution < 1.29 is 19.1 Å². The van der Waals surface area contributed by atoms with Crippen LogP contribution in [0.1, 0.15) is 21.5 Å². The molecule has 0 aliphatic heterocycles. The van der Waals surface area contributed by atoms with Crippen molar-refractivity contribution in [2.45, 2.75) is 6.61 Å². The van der Waals surface area contributed by atoms with Crippen molar-refractivity contribution >= 4 is 12.4 Å². The van der Waals surface area contributed by atoms with Crippen LogP contribution in [0.15, 0.2) is 48.5 Å². The van der Waals surface area contributed by atoms with Gasteiger partial charge in [0.2, 0.25) is 0 Å². The summed E-state index contributed by atoms with van der Waals surface area (Å²) in [5, 5.41) is 2.55. The highest BCUT2D eigenvalue weighted by Crippen LogP contribution is 2.17. The monoisotopic (exact) mass is 323 g/mol. The largest absolute Gasteiger partial charge is 0.496 e. The van der Waals surface area contributed by atoms with Gasteiger partial charge in [0.15, 0.2) is 6.29 Å². The third-order valence-corrected chi connectivity index (χ3v) is 3.13. The second-order valence-corrected chi connectivity index (χ2v) is 4.79. The zero-order valence-corrected chi connectivity index (χ0v) is 13.2. The first-order valence-electron chi connectivity index (χ1n) is 7.29. The fourth-order valence-electron chi connectivity index (χ4n) is 1.92. The number of amides is 1. The fraction of sp³-hybridized carbons (Fsp3) is 0.158. The topological polar surface area (TPSA) is 64.6 Å². The first-order valence-corrected chi connectivity index (χ1v) is 7.29. The van der Waals surface area contributed by atoms with Crippen molar-refractivity contribution in [2.75, 3.05) is 13.7 Å². The van der Waals surface area contributed by atoms with Gasteiger partial charge in [0.1, 0.15) is 12.4 Å². The number of alkyl carbamates (subject to hydrolysis) is 1. The molecule has 0 unspecified atom stereocenters. The van der Waals surface area contributed by atoms with Crippen LogP contribution in [0.2, 0.25) is 0 Å². The van der Waals surface area contributed by atoms with Crippen molar-refractivity contribution in [3.05, 3.63) is 65.2 Å². The smallest absolute Gasteiger partial charge is 0.408 e. The van der Waals surface area contributed by atoms with E-state index in [9.17, 15) is 9.59 Å². The number of nitrogens with one attached hydrogen (secondary N) is 1. The first kappa shape index (κ1) is 17.1. The van der Waals surface area contributed by atoms with Crippen LogP contribution in [0.4, 0.5) is 4.79 Å². The lowest BCUT2D eigenvalue weighted by Gasteiger charge is -2.04. The molecule has 0 heterocycles. The molecule has 0 saturated carbocycles. The molecule has 2 aromatic carbocycles. The van der Waals surface area contributed by atoms with Crippen LogP contribution in [0.3, 0.4) is 0 Å². The average Bonchev–Trinajstić information content (AvgIpc) is 2.64. The van der Waals surface area contributed by atoms with Gasteiger partial charge in [-0.1, -0.05) is 42.2 Å². The summed E-state index contributed by atoms with van der Waals surface area (Å²) in [7, 11) is 1.49. The molecular weight excluding hydrogens is 306 g/mol. The van der Waals surface area contributed by atoms with Crippen LogP contribution in [0, 0.1) is 11.8 Å². The minimum Gasteiger partial charge on any atom is -0.496 e. The van der Waals surface area contributed by atoms with Crippen LogP contribution in [0.5, 0.6) is 5.75 Å². The highest BCUT2D eigenvalue weighted by Gasteiger charge is 2.02. The SMILES string of the molecule is COc1cc(C#CCNC(=O)OCc2ccccc2)ccc1C=O. The molecule has 0 atom stereocenters. The zero-order valence-electron chi connectivity index (χ0n) is 13.2. The quantitative estimate of drug-likeness (QED) is 0.679. The lowest BCUT2D eigenvalue weighted by molar-refractivity contribution is 0.112. The molecular formula is C19H17NO4. The van der Waals surface area contributed by atoms with Gasteiger partial charge in [0, 0.05) is 5.56 Å².